The molecule has 0 bridgehead atoms. The maximum absolute atomic E-state index is 5.45. The van der Waals surface area contributed by atoms with Crippen molar-refractivity contribution in [1.29, 1.82) is 0 Å². The van der Waals surface area contributed by atoms with E-state index in [2.05, 4.69) is 228 Å². The van der Waals surface area contributed by atoms with Gasteiger partial charge < -0.3 is 4.57 Å². The fourth-order valence-electron chi connectivity index (χ4n) is 10.4. The molecule has 0 aliphatic rings. The summed E-state index contributed by atoms with van der Waals surface area (Å²) in [6.07, 6.45) is 0. The van der Waals surface area contributed by atoms with E-state index in [0.717, 1.165) is 60.7 Å². The summed E-state index contributed by atoms with van der Waals surface area (Å²) < 4.78 is 7.31. The first-order valence-corrected chi connectivity index (χ1v) is 22.9. The molecule has 0 amide bonds. The number of hydrogen-bond donors (Lipinski definition) is 0. The smallest absolute Gasteiger partial charge is 0.235 e. The van der Waals surface area contributed by atoms with Crippen molar-refractivity contribution in [2.24, 2.45) is 0 Å². The van der Waals surface area contributed by atoms with Gasteiger partial charge in [0.15, 0.2) is 0 Å². The normalized spacial score (nSPS) is 12.0. The molecule has 0 spiro atoms. The summed E-state index contributed by atoms with van der Waals surface area (Å²) in [5.74, 6) is 0.639. The fraction of sp³-hybridized carbons (Fsp3) is 0. The average molecular weight is 845 g/mol. The highest BCUT2D eigenvalue weighted by Gasteiger charge is 2.20. The minimum Gasteiger partial charge on any atom is -0.309 e. The minimum absolute atomic E-state index is 0.639. The van der Waals surface area contributed by atoms with Gasteiger partial charge in [-0.25, -0.2) is 9.97 Å². The van der Waals surface area contributed by atoms with Crippen LogP contribution in [-0.4, -0.2) is 19.1 Å². The van der Waals surface area contributed by atoms with Crippen LogP contribution in [0.25, 0.3) is 131 Å². The third-order valence-corrected chi connectivity index (χ3v) is 14.5. The molecule has 0 aliphatic heterocycles. The molecule has 0 unspecified atom stereocenters. The quantitative estimate of drug-likeness (QED) is 0.173. The number of hydrogen-bond acceptors (Lipinski definition) is 3. The van der Waals surface area contributed by atoms with Crippen molar-refractivity contribution in [2.45, 2.75) is 0 Å². The molecule has 0 N–H and O–H groups in total. The Labute approximate surface area is 377 Å². The molecule has 4 nitrogen and oxygen atoms in total. The molecule has 14 rings (SSSR count). The standard InChI is InChI=1S/C60H36N4S/c1-3-17-42-37(13-1)15-11-22-44(42)52-36-53(45-23-12-16-38-14-2-4-18-43(38)45)62-60(61-52)64-55-25-9-6-20-47(55)50-34-40(28-31-57(50)64)39-27-30-56-49(33-39)46-19-5-8-24-54(46)63(56)41-29-32-59-51(35-41)48-21-7-10-26-58(48)65-59/h1-36H. The number of rotatable bonds is 5. The first-order valence-electron chi connectivity index (χ1n) is 22.1. The van der Waals surface area contributed by atoms with Crippen molar-refractivity contribution in [3.63, 3.8) is 0 Å². The summed E-state index contributed by atoms with van der Waals surface area (Å²) in [5, 5.41) is 12.1. The molecule has 4 heterocycles. The van der Waals surface area contributed by atoms with Gasteiger partial charge in [0.25, 0.3) is 0 Å². The van der Waals surface area contributed by atoms with Crippen LogP contribution in [0.1, 0.15) is 0 Å². The molecule has 0 saturated carbocycles. The van der Waals surface area contributed by atoms with E-state index >= 15 is 0 Å². The first-order chi connectivity index (χ1) is 32.2. The van der Waals surface area contributed by atoms with E-state index in [4.69, 9.17) is 9.97 Å². The van der Waals surface area contributed by atoms with Gasteiger partial charge in [0.05, 0.1) is 33.5 Å². The van der Waals surface area contributed by atoms with E-state index in [1.54, 1.807) is 0 Å². The minimum atomic E-state index is 0.639. The molecule has 4 aromatic heterocycles. The molecule has 0 atom stereocenters. The number of benzene rings is 10. The summed E-state index contributed by atoms with van der Waals surface area (Å²) in [6, 6.07) is 79.1. The lowest BCUT2D eigenvalue weighted by atomic mass is 9.99. The van der Waals surface area contributed by atoms with Crippen molar-refractivity contribution in [3.8, 4) is 45.3 Å². The monoisotopic (exact) mass is 844 g/mol. The Balaban J connectivity index is 0.954. The molecule has 0 fully saturated rings. The van der Waals surface area contributed by atoms with Crippen molar-refractivity contribution >= 4 is 96.7 Å². The van der Waals surface area contributed by atoms with Crippen LogP contribution in [0.3, 0.4) is 0 Å². The second-order valence-electron chi connectivity index (χ2n) is 16.9. The van der Waals surface area contributed by atoms with E-state index in [1.165, 1.54) is 64.0 Å². The predicted molar refractivity (Wildman–Crippen MR) is 275 cm³/mol. The summed E-state index contributed by atoms with van der Waals surface area (Å²) in [4.78, 5) is 10.9. The Morgan fingerprint density at radius 3 is 1.42 bits per heavy atom. The topological polar surface area (TPSA) is 35.6 Å². The lowest BCUT2D eigenvalue weighted by molar-refractivity contribution is 0.997. The summed E-state index contributed by atoms with van der Waals surface area (Å²) in [7, 11) is 0. The molecule has 65 heavy (non-hydrogen) atoms. The predicted octanol–water partition coefficient (Wildman–Crippen LogP) is 16.3. The van der Waals surface area contributed by atoms with Crippen molar-refractivity contribution in [1.82, 2.24) is 19.1 Å². The zero-order chi connectivity index (χ0) is 42.6. The molecule has 0 aliphatic carbocycles. The van der Waals surface area contributed by atoms with Crippen molar-refractivity contribution in [3.05, 3.63) is 218 Å². The molecule has 10 aromatic carbocycles. The molecule has 5 heteroatoms. The van der Waals surface area contributed by atoms with E-state index in [0.29, 0.717) is 5.95 Å². The van der Waals surface area contributed by atoms with Gasteiger partial charge in [-0.05, 0) is 99.4 Å². The lowest BCUT2D eigenvalue weighted by Crippen LogP contribution is -2.04. The second kappa shape index (κ2) is 14.1. The number of para-hydroxylation sites is 2. The SMILES string of the molecule is c1ccc2c(-c3cc(-c4cccc5ccccc45)nc(-n4c5ccccc5c5cc(-c6ccc7c(c6)c6ccccc6n7-c6ccc7sc8ccccc8c7c6)ccc54)n3)cccc2c1. The van der Waals surface area contributed by atoms with Crippen LogP contribution in [0.2, 0.25) is 0 Å². The van der Waals surface area contributed by atoms with E-state index in [-0.39, 0.29) is 0 Å². The summed E-state index contributed by atoms with van der Waals surface area (Å²) in [5.41, 5.74) is 11.9. The number of nitrogens with zero attached hydrogens (tertiary/aromatic N) is 4. The van der Waals surface area contributed by atoms with Crippen molar-refractivity contribution in [2.75, 3.05) is 0 Å². The molecular weight excluding hydrogens is 809 g/mol. The van der Waals surface area contributed by atoms with Gasteiger partial charge in [-0.3, -0.25) is 4.57 Å². The zero-order valence-corrected chi connectivity index (χ0v) is 35.8. The van der Waals surface area contributed by atoms with Crippen LogP contribution in [0.5, 0.6) is 0 Å². The number of thiophene rings is 1. The maximum atomic E-state index is 5.45. The van der Waals surface area contributed by atoms with E-state index in [9.17, 15) is 0 Å². The van der Waals surface area contributed by atoms with Gasteiger partial charge in [0, 0.05) is 58.5 Å². The Bertz CT molecular complexity index is 4160. The third-order valence-electron chi connectivity index (χ3n) is 13.3. The van der Waals surface area contributed by atoms with Crippen LogP contribution in [0.4, 0.5) is 0 Å². The Kier molecular flexibility index (Phi) is 7.82. The van der Waals surface area contributed by atoms with Crippen LogP contribution in [-0.2, 0) is 0 Å². The Morgan fingerprint density at radius 2 is 0.785 bits per heavy atom. The third kappa shape index (κ3) is 5.56. The molecule has 302 valence electrons. The van der Waals surface area contributed by atoms with Gasteiger partial charge in [0.1, 0.15) is 0 Å². The lowest BCUT2D eigenvalue weighted by Gasteiger charge is -2.14. The highest BCUT2D eigenvalue weighted by atomic mass is 32.1. The first kappa shape index (κ1) is 36.1. The molecule has 14 aromatic rings. The van der Waals surface area contributed by atoms with Crippen LogP contribution in [0.15, 0.2) is 218 Å². The molecule has 0 radical (unpaired) electrons. The van der Waals surface area contributed by atoms with Crippen LogP contribution < -0.4 is 0 Å². The van der Waals surface area contributed by atoms with Gasteiger partial charge in [-0.2, -0.15) is 0 Å². The highest BCUT2D eigenvalue weighted by molar-refractivity contribution is 7.25. The van der Waals surface area contributed by atoms with Crippen LogP contribution in [0, 0.1) is 0 Å². The van der Waals surface area contributed by atoms with Crippen molar-refractivity contribution < 1.29 is 0 Å². The van der Waals surface area contributed by atoms with E-state index in [1.807, 2.05) is 11.3 Å². The van der Waals surface area contributed by atoms with Gasteiger partial charge >= 0.3 is 0 Å². The number of aromatic nitrogens is 4. The van der Waals surface area contributed by atoms with Crippen LogP contribution >= 0.6 is 11.3 Å². The Hall–Kier alpha value is -8.38. The zero-order valence-electron chi connectivity index (χ0n) is 35.0. The fourth-order valence-corrected chi connectivity index (χ4v) is 11.4. The van der Waals surface area contributed by atoms with Gasteiger partial charge in [-0.1, -0.05) is 152 Å². The summed E-state index contributed by atoms with van der Waals surface area (Å²) >= 11 is 1.86. The van der Waals surface area contributed by atoms with Gasteiger partial charge in [0.2, 0.25) is 5.95 Å². The highest BCUT2D eigenvalue weighted by Crippen LogP contribution is 2.41. The largest absolute Gasteiger partial charge is 0.309 e. The molecular formula is C60H36N4S. The maximum Gasteiger partial charge on any atom is 0.235 e. The van der Waals surface area contributed by atoms with E-state index < -0.39 is 0 Å². The second-order valence-corrected chi connectivity index (χ2v) is 18.0. The summed E-state index contributed by atoms with van der Waals surface area (Å²) in [6.45, 7) is 0. The number of fused-ring (bicyclic) bond motifs is 11. The average Bonchev–Trinajstić information content (AvgIpc) is 4.03. The molecule has 0 saturated heterocycles. The van der Waals surface area contributed by atoms with Gasteiger partial charge in [-0.15, -0.1) is 11.3 Å². The Morgan fingerprint density at radius 1 is 0.308 bits per heavy atom.